The van der Waals surface area contributed by atoms with E-state index in [2.05, 4.69) is 4.98 Å². The molecule has 3 N–H and O–H groups in total. The fourth-order valence-corrected chi connectivity index (χ4v) is 1.18. The Morgan fingerprint density at radius 2 is 2.00 bits per heavy atom. The molecular weight excluding hydrogens is 188 g/mol. The number of rotatable bonds is 0. The van der Waals surface area contributed by atoms with Crippen LogP contribution in [0.15, 0.2) is 30.5 Å². The van der Waals surface area contributed by atoms with Gasteiger partial charge in [-0.3, -0.25) is 4.98 Å². The minimum atomic E-state index is 0. The van der Waals surface area contributed by atoms with Crippen molar-refractivity contribution in [2.24, 2.45) is 0 Å². The second-order valence-electron chi connectivity index (χ2n) is 2.57. The lowest BCUT2D eigenvalue weighted by atomic mass is 10.2. The van der Waals surface area contributed by atoms with Crippen LogP contribution in [0.3, 0.4) is 0 Å². The highest BCUT2D eigenvalue weighted by Gasteiger charge is 2.01. The number of anilines is 1. The van der Waals surface area contributed by atoms with Crippen LogP contribution in [0.25, 0.3) is 10.9 Å². The molecule has 1 aromatic heterocycles. The van der Waals surface area contributed by atoms with Crippen LogP contribution in [0.1, 0.15) is 0 Å². The average molecular weight is 196 g/mol. The molecule has 0 atom stereocenters. The third-order valence-electron chi connectivity index (χ3n) is 1.78. The second kappa shape index (κ2) is 3.49. The van der Waals surface area contributed by atoms with E-state index in [9.17, 15) is 5.11 Å². The van der Waals surface area contributed by atoms with Gasteiger partial charge >= 0.3 is 0 Å². The van der Waals surface area contributed by atoms with Crippen molar-refractivity contribution in [3.63, 3.8) is 0 Å². The zero-order chi connectivity index (χ0) is 8.55. The molecule has 0 radical (unpaired) electrons. The summed E-state index contributed by atoms with van der Waals surface area (Å²) < 4.78 is 0. The van der Waals surface area contributed by atoms with Crippen molar-refractivity contribution in [1.82, 2.24) is 4.98 Å². The summed E-state index contributed by atoms with van der Waals surface area (Å²) in [5.74, 6) is 0.166. The van der Waals surface area contributed by atoms with Gasteiger partial charge in [-0.05, 0) is 24.3 Å². The van der Waals surface area contributed by atoms with Gasteiger partial charge in [-0.15, -0.1) is 0 Å². The summed E-state index contributed by atoms with van der Waals surface area (Å²) in [4.78, 5) is 4.01. The van der Waals surface area contributed by atoms with E-state index >= 15 is 0 Å². The fourth-order valence-electron chi connectivity index (χ4n) is 1.18. The van der Waals surface area contributed by atoms with Crippen LogP contribution in [-0.4, -0.2) is 10.1 Å². The summed E-state index contributed by atoms with van der Waals surface area (Å²) in [5, 5.41) is 10.2. The van der Waals surface area contributed by atoms with Crippen molar-refractivity contribution in [1.29, 1.82) is 0 Å². The number of pyridine rings is 1. The molecule has 68 valence electrons. The molecule has 0 spiro atoms. The quantitative estimate of drug-likeness (QED) is 0.399. The van der Waals surface area contributed by atoms with Gasteiger partial charge < -0.3 is 23.2 Å². The van der Waals surface area contributed by atoms with Crippen LogP contribution >= 0.6 is 0 Å². The molecule has 13 heavy (non-hydrogen) atoms. The van der Waals surface area contributed by atoms with Gasteiger partial charge in [-0.25, -0.2) is 0 Å². The number of halogens is 1. The molecule has 0 aliphatic carbocycles. The number of nitrogen functional groups attached to an aromatic ring is 1. The van der Waals surface area contributed by atoms with Gasteiger partial charge in [0.25, 0.3) is 0 Å². The van der Waals surface area contributed by atoms with Crippen LogP contribution in [0, 0.1) is 0 Å². The monoisotopic (exact) mass is 195 g/mol. The molecule has 2 aromatic rings. The van der Waals surface area contributed by atoms with E-state index in [1.54, 1.807) is 24.4 Å². The molecule has 0 saturated heterocycles. The Labute approximate surface area is 81.6 Å². The van der Waals surface area contributed by atoms with Gasteiger partial charge in [0.15, 0.2) is 0 Å². The van der Waals surface area contributed by atoms with E-state index in [4.69, 9.17) is 5.73 Å². The van der Waals surface area contributed by atoms with Crippen molar-refractivity contribution >= 4 is 16.6 Å². The molecular formula is C9H8ClN2O-. The largest absolute Gasteiger partial charge is 1.00 e. The van der Waals surface area contributed by atoms with Crippen LogP contribution in [0.5, 0.6) is 5.75 Å². The third kappa shape index (κ3) is 1.51. The van der Waals surface area contributed by atoms with Gasteiger partial charge in [0.05, 0.1) is 0 Å². The predicted octanol–water partition coefficient (Wildman–Crippen LogP) is -1.47. The lowest BCUT2D eigenvalue weighted by Gasteiger charge is -2.01. The van der Waals surface area contributed by atoms with Crippen molar-refractivity contribution in [2.75, 3.05) is 5.73 Å². The SMILES string of the molecule is Nc1ccc(O)c2ncccc12.[Cl-]. The Kier molecular flexibility index (Phi) is 2.58. The first-order valence-electron chi connectivity index (χ1n) is 3.61. The molecule has 1 heterocycles. The summed E-state index contributed by atoms with van der Waals surface area (Å²) in [7, 11) is 0. The number of hydrogen-bond donors (Lipinski definition) is 2. The van der Waals surface area contributed by atoms with Gasteiger partial charge in [-0.1, -0.05) is 0 Å². The summed E-state index contributed by atoms with van der Waals surface area (Å²) in [6, 6.07) is 6.83. The Bertz CT molecular complexity index is 390. The Hall–Kier alpha value is -1.48. The first-order valence-corrected chi connectivity index (χ1v) is 3.61. The maximum absolute atomic E-state index is 9.38. The van der Waals surface area contributed by atoms with E-state index in [-0.39, 0.29) is 18.2 Å². The minimum Gasteiger partial charge on any atom is -1.00 e. The Morgan fingerprint density at radius 3 is 2.69 bits per heavy atom. The number of benzene rings is 1. The predicted molar refractivity (Wildman–Crippen MR) is 47.8 cm³/mol. The normalized spacial score (nSPS) is 9.54. The Morgan fingerprint density at radius 1 is 1.23 bits per heavy atom. The van der Waals surface area contributed by atoms with Crippen molar-refractivity contribution in [2.45, 2.75) is 0 Å². The van der Waals surface area contributed by atoms with Gasteiger partial charge in [0.2, 0.25) is 0 Å². The first kappa shape index (κ1) is 9.61. The number of nitrogens with zero attached hydrogens (tertiary/aromatic N) is 1. The highest BCUT2D eigenvalue weighted by atomic mass is 35.5. The molecule has 0 unspecified atom stereocenters. The van der Waals surface area contributed by atoms with E-state index in [0.29, 0.717) is 11.2 Å². The van der Waals surface area contributed by atoms with E-state index in [0.717, 1.165) is 5.39 Å². The maximum Gasteiger partial charge on any atom is 0.141 e. The number of fused-ring (bicyclic) bond motifs is 1. The summed E-state index contributed by atoms with van der Waals surface area (Å²) >= 11 is 0. The van der Waals surface area contributed by atoms with Gasteiger partial charge in [-0.2, -0.15) is 0 Å². The van der Waals surface area contributed by atoms with Crippen molar-refractivity contribution < 1.29 is 17.5 Å². The first-order chi connectivity index (χ1) is 5.79. The van der Waals surface area contributed by atoms with Crippen molar-refractivity contribution in [3.8, 4) is 5.75 Å². The highest BCUT2D eigenvalue weighted by molar-refractivity contribution is 5.93. The van der Waals surface area contributed by atoms with Crippen LogP contribution in [-0.2, 0) is 0 Å². The van der Waals surface area contributed by atoms with Gasteiger partial charge in [0, 0.05) is 17.3 Å². The standard InChI is InChI=1S/C9H8N2O.ClH/c10-7-3-4-8(12)9-6(7)2-1-5-11-9;/h1-5,12H,10H2;1H/p-1. The van der Waals surface area contributed by atoms with Crippen LogP contribution in [0.4, 0.5) is 5.69 Å². The summed E-state index contributed by atoms with van der Waals surface area (Å²) in [6.45, 7) is 0. The van der Waals surface area contributed by atoms with E-state index in [1.807, 2.05) is 6.07 Å². The molecule has 0 aliphatic heterocycles. The minimum absolute atomic E-state index is 0. The zero-order valence-electron chi connectivity index (χ0n) is 6.74. The molecule has 0 amide bonds. The maximum atomic E-state index is 9.38. The molecule has 0 aliphatic rings. The lowest BCUT2D eigenvalue weighted by molar-refractivity contribution is -0.00000342. The molecule has 3 nitrogen and oxygen atoms in total. The lowest BCUT2D eigenvalue weighted by Crippen LogP contribution is -3.00. The number of aromatic hydroxyl groups is 1. The molecule has 4 heteroatoms. The highest BCUT2D eigenvalue weighted by Crippen LogP contribution is 2.26. The number of phenolic OH excluding ortho intramolecular Hbond substituents is 1. The fraction of sp³-hybridized carbons (Fsp3) is 0. The van der Waals surface area contributed by atoms with Gasteiger partial charge in [0.1, 0.15) is 11.3 Å². The second-order valence-corrected chi connectivity index (χ2v) is 2.57. The number of hydrogen-bond acceptors (Lipinski definition) is 3. The molecule has 0 bridgehead atoms. The smallest absolute Gasteiger partial charge is 0.141 e. The zero-order valence-corrected chi connectivity index (χ0v) is 7.49. The molecule has 0 saturated carbocycles. The Balaban J connectivity index is 0.000000845. The number of nitrogens with two attached hydrogens (primary N) is 1. The van der Waals surface area contributed by atoms with E-state index < -0.39 is 0 Å². The summed E-state index contributed by atoms with van der Waals surface area (Å²) in [5.41, 5.74) is 6.86. The van der Waals surface area contributed by atoms with Crippen molar-refractivity contribution in [3.05, 3.63) is 30.5 Å². The number of phenols is 1. The van der Waals surface area contributed by atoms with Crippen LogP contribution in [0.2, 0.25) is 0 Å². The summed E-state index contributed by atoms with van der Waals surface area (Å²) in [6.07, 6.45) is 1.63. The number of aromatic nitrogens is 1. The third-order valence-corrected chi connectivity index (χ3v) is 1.78. The topological polar surface area (TPSA) is 59.1 Å². The van der Waals surface area contributed by atoms with E-state index in [1.165, 1.54) is 0 Å². The molecule has 2 rings (SSSR count). The molecule has 1 aromatic carbocycles. The average Bonchev–Trinajstić information content (AvgIpc) is 2.12. The molecule has 0 fully saturated rings. The van der Waals surface area contributed by atoms with Crippen LogP contribution < -0.4 is 18.1 Å².